The SMILES string of the molecule is Cc1cccc(C)c1NC(=O)[C@H](C)OC(=O)c1cc2c(cc1[N+](=O)[O-])OCCO2. The Kier molecular flexibility index (Phi) is 5.67. The molecule has 0 fully saturated rings. The third kappa shape index (κ3) is 4.29. The maximum atomic E-state index is 12.6. The third-order valence-corrected chi connectivity index (χ3v) is 4.46. The van der Waals surface area contributed by atoms with E-state index >= 15 is 0 Å². The van der Waals surface area contributed by atoms with Gasteiger partial charge in [-0.2, -0.15) is 0 Å². The van der Waals surface area contributed by atoms with Crippen LogP contribution in [0.4, 0.5) is 11.4 Å². The molecule has 1 amide bonds. The number of rotatable bonds is 5. The summed E-state index contributed by atoms with van der Waals surface area (Å²) in [5.41, 5.74) is 1.55. The normalized spacial score (nSPS) is 13.3. The zero-order valence-corrected chi connectivity index (χ0v) is 16.2. The number of amides is 1. The lowest BCUT2D eigenvalue weighted by Crippen LogP contribution is -2.30. The minimum atomic E-state index is -1.17. The van der Waals surface area contributed by atoms with Crippen molar-refractivity contribution in [3.8, 4) is 11.5 Å². The molecule has 9 nitrogen and oxygen atoms in total. The van der Waals surface area contributed by atoms with E-state index in [9.17, 15) is 19.7 Å². The topological polar surface area (TPSA) is 117 Å². The van der Waals surface area contributed by atoms with Gasteiger partial charge in [0.05, 0.1) is 11.0 Å². The van der Waals surface area contributed by atoms with Crippen molar-refractivity contribution in [2.45, 2.75) is 26.9 Å². The van der Waals surface area contributed by atoms with E-state index in [1.807, 2.05) is 32.0 Å². The lowest BCUT2D eigenvalue weighted by molar-refractivity contribution is -0.385. The average molecular weight is 400 g/mol. The summed E-state index contributed by atoms with van der Waals surface area (Å²) in [4.78, 5) is 35.7. The molecule has 0 radical (unpaired) electrons. The summed E-state index contributed by atoms with van der Waals surface area (Å²) >= 11 is 0. The molecule has 2 aromatic rings. The Morgan fingerprint density at radius 1 is 1.14 bits per heavy atom. The predicted molar refractivity (Wildman–Crippen MR) is 104 cm³/mol. The number of carbonyl (C=O) groups excluding carboxylic acids is 2. The summed E-state index contributed by atoms with van der Waals surface area (Å²) < 4.78 is 15.9. The first-order chi connectivity index (χ1) is 13.8. The molecular formula is C20H20N2O7. The van der Waals surface area contributed by atoms with Gasteiger partial charge in [-0.1, -0.05) is 18.2 Å². The number of esters is 1. The number of para-hydroxylation sites is 1. The van der Waals surface area contributed by atoms with Crippen molar-refractivity contribution in [2.24, 2.45) is 0 Å². The van der Waals surface area contributed by atoms with E-state index in [4.69, 9.17) is 14.2 Å². The van der Waals surface area contributed by atoms with Gasteiger partial charge < -0.3 is 19.5 Å². The number of hydrogen-bond donors (Lipinski definition) is 1. The second-order valence-corrected chi connectivity index (χ2v) is 6.57. The first-order valence-electron chi connectivity index (χ1n) is 8.94. The van der Waals surface area contributed by atoms with Gasteiger partial charge in [-0.15, -0.1) is 0 Å². The number of aryl methyl sites for hydroxylation is 2. The number of benzene rings is 2. The molecule has 1 heterocycles. The molecule has 3 rings (SSSR count). The predicted octanol–water partition coefficient (Wildman–Crippen LogP) is 3.17. The van der Waals surface area contributed by atoms with Crippen LogP contribution in [0.25, 0.3) is 0 Å². The van der Waals surface area contributed by atoms with E-state index in [0.717, 1.165) is 17.2 Å². The number of hydrogen-bond acceptors (Lipinski definition) is 7. The van der Waals surface area contributed by atoms with E-state index in [1.54, 1.807) is 0 Å². The van der Waals surface area contributed by atoms with Crippen LogP contribution in [0.3, 0.4) is 0 Å². The fourth-order valence-electron chi connectivity index (χ4n) is 2.91. The van der Waals surface area contributed by atoms with E-state index in [1.165, 1.54) is 13.0 Å². The second-order valence-electron chi connectivity index (χ2n) is 6.57. The van der Waals surface area contributed by atoms with Gasteiger partial charge in [-0.05, 0) is 31.9 Å². The number of ether oxygens (including phenoxy) is 3. The van der Waals surface area contributed by atoms with Crippen molar-refractivity contribution in [3.05, 3.63) is 57.1 Å². The van der Waals surface area contributed by atoms with Gasteiger partial charge in [0.25, 0.3) is 11.6 Å². The van der Waals surface area contributed by atoms with E-state index in [0.29, 0.717) is 5.69 Å². The highest BCUT2D eigenvalue weighted by Gasteiger charge is 2.29. The molecule has 0 aliphatic carbocycles. The Labute approximate surface area is 166 Å². The molecule has 0 bridgehead atoms. The quantitative estimate of drug-likeness (QED) is 0.465. The summed E-state index contributed by atoms with van der Waals surface area (Å²) in [6.07, 6.45) is -1.17. The lowest BCUT2D eigenvalue weighted by atomic mass is 10.1. The molecule has 0 unspecified atom stereocenters. The number of anilines is 1. The Bertz CT molecular complexity index is 967. The molecule has 0 aromatic heterocycles. The van der Waals surface area contributed by atoms with Crippen molar-refractivity contribution >= 4 is 23.3 Å². The molecule has 29 heavy (non-hydrogen) atoms. The molecule has 0 spiro atoms. The molecule has 9 heteroatoms. The highest BCUT2D eigenvalue weighted by Crippen LogP contribution is 2.37. The van der Waals surface area contributed by atoms with Crippen LogP contribution < -0.4 is 14.8 Å². The largest absolute Gasteiger partial charge is 0.486 e. The number of carbonyl (C=O) groups is 2. The Hall–Kier alpha value is -3.62. The van der Waals surface area contributed by atoms with Crippen molar-refractivity contribution in [1.82, 2.24) is 0 Å². The van der Waals surface area contributed by atoms with Crippen molar-refractivity contribution < 1.29 is 28.7 Å². The fraction of sp³-hybridized carbons (Fsp3) is 0.300. The van der Waals surface area contributed by atoms with Gasteiger partial charge in [0.1, 0.15) is 18.8 Å². The maximum absolute atomic E-state index is 12.6. The Morgan fingerprint density at radius 2 is 1.72 bits per heavy atom. The summed E-state index contributed by atoms with van der Waals surface area (Å²) in [5, 5.41) is 14.1. The van der Waals surface area contributed by atoms with Gasteiger partial charge in [0.2, 0.25) is 0 Å². The Balaban J connectivity index is 1.79. The molecule has 152 valence electrons. The van der Waals surface area contributed by atoms with Crippen LogP contribution in [0, 0.1) is 24.0 Å². The van der Waals surface area contributed by atoms with Gasteiger partial charge >= 0.3 is 5.97 Å². The number of nitrogens with one attached hydrogen (secondary N) is 1. The fourth-order valence-corrected chi connectivity index (χ4v) is 2.91. The number of fused-ring (bicyclic) bond motifs is 1. The van der Waals surface area contributed by atoms with Crippen molar-refractivity contribution in [2.75, 3.05) is 18.5 Å². The molecule has 2 aromatic carbocycles. The van der Waals surface area contributed by atoms with Crippen LogP contribution in [0.2, 0.25) is 0 Å². The number of nitro benzene ring substituents is 1. The van der Waals surface area contributed by atoms with Crippen LogP contribution >= 0.6 is 0 Å². The number of nitro groups is 1. The first kappa shape index (κ1) is 20.1. The highest BCUT2D eigenvalue weighted by atomic mass is 16.6. The smallest absolute Gasteiger partial charge is 0.346 e. The van der Waals surface area contributed by atoms with E-state index < -0.39 is 28.6 Å². The molecule has 1 aliphatic rings. The van der Waals surface area contributed by atoms with E-state index in [-0.39, 0.29) is 30.3 Å². The van der Waals surface area contributed by atoms with Gasteiger partial charge in [0.15, 0.2) is 17.6 Å². The zero-order chi connectivity index (χ0) is 21.1. The minimum absolute atomic E-state index is 0.181. The average Bonchev–Trinajstić information content (AvgIpc) is 2.69. The molecule has 0 saturated heterocycles. The molecule has 0 saturated carbocycles. The minimum Gasteiger partial charge on any atom is -0.486 e. The summed E-state index contributed by atoms with van der Waals surface area (Å²) in [5.74, 6) is -1.16. The van der Waals surface area contributed by atoms with Crippen LogP contribution in [-0.2, 0) is 9.53 Å². The molecule has 1 N–H and O–H groups in total. The third-order valence-electron chi connectivity index (χ3n) is 4.46. The first-order valence-corrected chi connectivity index (χ1v) is 8.94. The highest BCUT2D eigenvalue weighted by molar-refractivity contribution is 6.00. The van der Waals surface area contributed by atoms with Crippen LogP contribution in [0.15, 0.2) is 30.3 Å². The van der Waals surface area contributed by atoms with Crippen molar-refractivity contribution in [1.29, 1.82) is 0 Å². The van der Waals surface area contributed by atoms with Crippen LogP contribution in [-0.4, -0.2) is 36.1 Å². The van der Waals surface area contributed by atoms with Crippen molar-refractivity contribution in [3.63, 3.8) is 0 Å². The van der Waals surface area contributed by atoms with Gasteiger partial charge in [-0.25, -0.2) is 4.79 Å². The zero-order valence-electron chi connectivity index (χ0n) is 16.2. The lowest BCUT2D eigenvalue weighted by Gasteiger charge is -2.19. The van der Waals surface area contributed by atoms with E-state index in [2.05, 4.69) is 5.32 Å². The number of nitrogens with zero attached hydrogens (tertiary/aromatic N) is 1. The van der Waals surface area contributed by atoms with Gasteiger partial charge in [0, 0.05) is 11.8 Å². The van der Waals surface area contributed by atoms with Gasteiger partial charge in [-0.3, -0.25) is 14.9 Å². The summed E-state index contributed by atoms with van der Waals surface area (Å²) in [7, 11) is 0. The summed E-state index contributed by atoms with van der Waals surface area (Å²) in [6.45, 7) is 5.59. The summed E-state index contributed by atoms with van der Waals surface area (Å²) in [6, 6.07) is 7.87. The van der Waals surface area contributed by atoms with Crippen LogP contribution in [0.5, 0.6) is 11.5 Å². The Morgan fingerprint density at radius 3 is 2.31 bits per heavy atom. The monoisotopic (exact) mass is 400 g/mol. The molecular weight excluding hydrogens is 380 g/mol. The maximum Gasteiger partial charge on any atom is 0.346 e. The second kappa shape index (κ2) is 8.17. The molecule has 1 aliphatic heterocycles. The van der Waals surface area contributed by atoms with Crippen LogP contribution in [0.1, 0.15) is 28.4 Å². The standard InChI is InChI=1S/C20H20N2O7/c1-11-5-4-6-12(2)18(11)21-19(23)13(3)29-20(24)14-9-16-17(28-8-7-27-16)10-15(14)22(25)26/h4-6,9-10,13H,7-8H2,1-3H3,(H,21,23)/t13-/m0/s1. The molecule has 1 atom stereocenters.